The first-order chi connectivity index (χ1) is 21.9. The minimum absolute atomic E-state index is 0.0662. The standard InChI is InChI=1S/C37H30BrF2N3OS/c1-44-34-30-21-36(31-18-17-28(39)20-33(31)40)27(19-29(30)32(38)22-41-34)23-45-35(42-36)43-37(24-11-5-2-6-12-24,25-13-7-3-8-14-25)26-15-9-4-10-16-26/h2-18,20,22,27H,19,21,23H2,1H3,(H,42,43)/t27-,36-/m0/s1. The molecule has 4 nitrogen and oxygen atoms in total. The largest absolute Gasteiger partial charge is 0.481 e. The summed E-state index contributed by atoms with van der Waals surface area (Å²) in [6.45, 7) is 0. The molecule has 4 aromatic carbocycles. The molecule has 1 aromatic heterocycles. The summed E-state index contributed by atoms with van der Waals surface area (Å²) in [5.41, 5.74) is 3.62. The fourth-order valence-electron chi connectivity index (χ4n) is 6.89. The van der Waals surface area contributed by atoms with Crippen molar-refractivity contribution in [3.63, 3.8) is 0 Å². The van der Waals surface area contributed by atoms with Crippen molar-refractivity contribution in [3.05, 3.63) is 165 Å². The number of rotatable bonds is 6. The van der Waals surface area contributed by atoms with Crippen LogP contribution in [0.1, 0.15) is 33.4 Å². The van der Waals surface area contributed by atoms with E-state index in [1.54, 1.807) is 31.1 Å². The van der Waals surface area contributed by atoms with Crippen molar-refractivity contribution in [3.8, 4) is 5.88 Å². The quantitative estimate of drug-likeness (QED) is 0.183. The third-order valence-electron chi connectivity index (χ3n) is 9.01. The van der Waals surface area contributed by atoms with Gasteiger partial charge < -0.3 is 10.1 Å². The zero-order valence-corrected chi connectivity index (χ0v) is 26.9. The van der Waals surface area contributed by atoms with E-state index >= 15 is 4.39 Å². The molecule has 1 N–H and O–H groups in total. The number of nitrogens with one attached hydrogen (secondary N) is 1. The lowest BCUT2D eigenvalue weighted by Gasteiger charge is -2.47. The number of aromatic nitrogens is 1. The Kier molecular flexibility index (Phi) is 7.96. The highest BCUT2D eigenvalue weighted by Gasteiger charge is 2.50. The van der Waals surface area contributed by atoms with Gasteiger partial charge in [-0.05, 0) is 50.7 Å². The number of hydrogen-bond donors (Lipinski definition) is 1. The summed E-state index contributed by atoms with van der Waals surface area (Å²) in [7, 11) is 1.59. The number of amidine groups is 1. The number of pyridine rings is 1. The molecule has 1 aliphatic carbocycles. The highest BCUT2D eigenvalue weighted by Crippen LogP contribution is 2.52. The molecule has 0 fully saturated rings. The second-order valence-electron chi connectivity index (χ2n) is 11.4. The van der Waals surface area contributed by atoms with E-state index < -0.39 is 22.7 Å². The number of nitrogens with zero attached hydrogens (tertiary/aromatic N) is 2. The van der Waals surface area contributed by atoms with Gasteiger partial charge in [0.2, 0.25) is 5.88 Å². The van der Waals surface area contributed by atoms with Crippen molar-refractivity contribution < 1.29 is 13.5 Å². The van der Waals surface area contributed by atoms with Gasteiger partial charge in [0.1, 0.15) is 17.2 Å². The fourth-order valence-corrected chi connectivity index (χ4v) is 8.60. The van der Waals surface area contributed by atoms with E-state index in [9.17, 15) is 4.39 Å². The van der Waals surface area contributed by atoms with Crippen molar-refractivity contribution in [2.45, 2.75) is 23.9 Å². The smallest absolute Gasteiger partial charge is 0.216 e. The Balaban J connectivity index is 1.46. The van der Waals surface area contributed by atoms with E-state index in [0.29, 0.717) is 35.2 Å². The molecule has 0 saturated carbocycles. The van der Waals surface area contributed by atoms with Crippen molar-refractivity contribution in [1.82, 2.24) is 10.3 Å². The lowest BCUT2D eigenvalue weighted by atomic mass is 9.67. The molecular weight excluding hydrogens is 652 g/mol. The lowest BCUT2D eigenvalue weighted by molar-refractivity contribution is 0.260. The summed E-state index contributed by atoms with van der Waals surface area (Å²) in [5, 5.41) is 4.58. The van der Waals surface area contributed by atoms with Crippen LogP contribution in [-0.4, -0.2) is 23.0 Å². The maximum Gasteiger partial charge on any atom is 0.216 e. The summed E-state index contributed by atoms with van der Waals surface area (Å²) in [4.78, 5) is 9.98. The fraction of sp³-hybridized carbons (Fsp3) is 0.189. The molecule has 0 spiro atoms. The maximum absolute atomic E-state index is 15.9. The molecule has 7 rings (SSSR count). The predicted molar refractivity (Wildman–Crippen MR) is 180 cm³/mol. The van der Waals surface area contributed by atoms with E-state index in [-0.39, 0.29) is 5.92 Å². The van der Waals surface area contributed by atoms with Crippen LogP contribution in [0.3, 0.4) is 0 Å². The van der Waals surface area contributed by atoms with Crippen LogP contribution < -0.4 is 10.1 Å². The highest BCUT2D eigenvalue weighted by atomic mass is 79.9. The predicted octanol–water partition coefficient (Wildman–Crippen LogP) is 8.43. The Morgan fingerprint density at radius 1 is 0.867 bits per heavy atom. The van der Waals surface area contributed by atoms with Gasteiger partial charge in [-0.2, -0.15) is 0 Å². The number of aliphatic imine (C=N–C) groups is 1. The molecule has 2 atom stereocenters. The molecule has 8 heteroatoms. The Morgan fingerprint density at radius 3 is 2.02 bits per heavy atom. The van der Waals surface area contributed by atoms with E-state index in [1.807, 2.05) is 54.6 Å². The molecule has 0 unspecified atom stereocenters. The van der Waals surface area contributed by atoms with Gasteiger partial charge in [-0.1, -0.05) is 109 Å². The third kappa shape index (κ3) is 5.14. The van der Waals surface area contributed by atoms with Crippen molar-refractivity contribution >= 4 is 32.9 Å². The average Bonchev–Trinajstić information content (AvgIpc) is 3.08. The van der Waals surface area contributed by atoms with E-state index in [1.165, 1.54) is 6.07 Å². The van der Waals surface area contributed by atoms with E-state index in [0.717, 1.165) is 38.4 Å². The first-order valence-corrected chi connectivity index (χ1v) is 16.6. The topological polar surface area (TPSA) is 46.5 Å². The molecule has 45 heavy (non-hydrogen) atoms. The summed E-state index contributed by atoms with van der Waals surface area (Å²) in [6.07, 6.45) is 2.74. The highest BCUT2D eigenvalue weighted by molar-refractivity contribution is 9.10. The molecule has 2 heterocycles. The van der Waals surface area contributed by atoms with Gasteiger partial charge in [0.15, 0.2) is 5.17 Å². The number of methoxy groups -OCH3 is 1. The van der Waals surface area contributed by atoms with Gasteiger partial charge in [0.25, 0.3) is 0 Å². The van der Waals surface area contributed by atoms with Gasteiger partial charge in [-0.3, -0.25) is 4.99 Å². The van der Waals surface area contributed by atoms with Crippen molar-refractivity contribution in [2.24, 2.45) is 10.9 Å². The summed E-state index contributed by atoms with van der Waals surface area (Å²) in [5.74, 6) is -0.132. The number of thioether (sulfide) groups is 1. The van der Waals surface area contributed by atoms with Crippen LogP contribution in [-0.2, 0) is 23.9 Å². The Bertz CT molecular complexity index is 1780. The first kappa shape index (κ1) is 29.7. The van der Waals surface area contributed by atoms with Gasteiger partial charge in [0.05, 0.1) is 12.6 Å². The van der Waals surface area contributed by atoms with E-state index in [4.69, 9.17) is 9.73 Å². The second-order valence-corrected chi connectivity index (χ2v) is 13.3. The van der Waals surface area contributed by atoms with Crippen LogP contribution in [0.15, 0.2) is 125 Å². The molecule has 5 aromatic rings. The molecule has 0 radical (unpaired) electrons. The summed E-state index contributed by atoms with van der Waals surface area (Å²) in [6, 6.07) is 34.8. The summed E-state index contributed by atoms with van der Waals surface area (Å²) < 4.78 is 36.8. The van der Waals surface area contributed by atoms with Gasteiger partial charge in [0, 0.05) is 46.0 Å². The van der Waals surface area contributed by atoms with Crippen LogP contribution in [0, 0.1) is 17.6 Å². The third-order valence-corrected chi connectivity index (χ3v) is 10.7. The monoisotopic (exact) mass is 681 g/mol. The van der Waals surface area contributed by atoms with Crippen LogP contribution in [0.4, 0.5) is 8.78 Å². The number of halogens is 3. The van der Waals surface area contributed by atoms with Crippen molar-refractivity contribution in [2.75, 3.05) is 12.9 Å². The minimum Gasteiger partial charge on any atom is -0.481 e. The molecule has 0 amide bonds. The van der Waals surface area contributed by atoms with E-state index in [2.05, 4.69) is 62.6 Å². The Labute approximate surface area is 274 Å². The summed E-state index contributed by atoms with van der Waals surface area (Å²) >= 11 is 5.32. The van der Waals surface area contributed by atoms with Crippen LogP contribution in [0.25, 0.3) is 0 Å². The second kappa shape index (κ2) is 12.1. The Hall–Kier alpha value is -4.01. The molecule has 2 aliphatic rings. The van der Waals surface area contributed by atoms with Gasteiger partial charge in [-0.25, -0.2) is 13.8 Å². The van der Waals surface area contributed by atoms with Crippen LogP contribution in [0.5, 0.6) is 5.88 Å². The number of benzene rings is 4. The van der Waals surface area contributed by atoms with Crippen LogP contribution >= 0.6 is 27.7 Å². The maximum atomic E-state index is 15.9. The normalized spacial score (nSPS) is 19.2. The zero-order valence-electron chi connectivity index (χ0n) is 24.5. The molecule has 0 bridgehead atoms. The number of fused-ring (bicyclic) bond motifs is 2. The first-order valence-electron chi connectivity index (χ1n) is 14.8. The van der Waals surface area contributed by atoms with Crippen molar-refractivity contribution in [1.29, 1.82) is 0 Å². The minimum atomic E-state index is -1.02. The van der Waals surface area contributed by atoms with Gasteiger partial charge >= 0.3 is 0 Å². The SMILES string of the molecule is COc1ncc(Br)c2c1C[C@]1(c3ccc(F)cc3F)N=C(NC(c3ccccc3)(c3ccccc3)c3ccccc3)SC[C@@H]1C2. The molecule has 0 saturated heterocycles. The average molecular weight is 683 g/mol. The lowest BCUT2D eigenvalue weighted by Crippen LogP contribution is -2.52. The molecule has 1 aliphatic heterocycles. The molecular formula is C37H30BrF2N3OS. The van der Waals surface area contributed by atoms with Gasteiger partial charge in [-0.15, -0.1) is 0 Å². The molecule has 226 valence electrons. The zero-order chi connectivity index (χ0) is 31.0. The Morgan fingerprint density at radius 2 is 1.47 bits per heavy atom. The number of ether oxygens (including phenoxy) is 1. The van der Waals surface area contributed by atoms with Crippen LogP contribution in [0.2, 0.25) is 0 Å². The number of hydrogen-bond acceptors (Lipinski definition) is 5.